The van der Waals surface area contributed by atoms with Crippen molar-refractivity contribution in [3.05, 3.63) is 0 Å². The Bertz CT molecular complexity index is 312. The molecule has 1 aliphatic rings. The second-order valence-electron chi connectivity index (χ2n) is 4.18. The Morgan fingerprint density at radius 1 is 1.36 bits per heavy atom. The minimum absolute atomic E-state index is 0.136. The monoisotopic (exact) mass is 218 g/mol. The van der Waals surface area contributed by atoms with E-state index in [1.165, 1.54) is 0 Å². The van der Waals surface area contributed by atoms with Crippen molar-refractivity contribution in [1.29, 1.82) is 0 Å². The fourth-order valence-electron chi connectivity index (χ4n) is 1.70. The van der Waals surface area contributed by atoms with Gasteiger partial charge in [0.15, 0.2) is 0 Å². The van der Waals surface area contributed by atoms with Crippen LogP contribution in [0.2, 0.25) is 0 Å². The highest BCUT2D eigenvalue weighted by Crippen LogP contribution is 2.50. The van der Waals surface area contributed by atoms with Crippen LogP contribution in [0.15, 0.2) is 0 Å². The summed E-state index contributed by atoms with van der Waals surface area (Å²) in [6.07, 6.45) is 3.29. The highest BCUT2D eigenvalue weighted by atomic mass is 32.2. The largest absolute Gasteiger partial charge is 0.299 e. The lowest BCUT2D eigenvalue weighted by molar-refractivity contribution is -0.122. The van der Waals surface area contributed by atoms with Gasteiger partial charge in [0.05, 0.1) is 5.75 Å². The summed E-state index contributed by atoms with van der Waals surface area (Å²) >= 11 is 0. The standard InChI is InChI=1S/C10H18O3S/c1-3-14(12,13)8-4-5-10(6-7-10)9(2)11/h3-8H2,1-2H3. The second kappa shape index (κ2) is 4.01. The van der Waals surface area contributed by atoms with Gasteiger partial charge in [-0.2, -0.15) is 0 Å². The van der Waals surface area contributed by atoms with Crippen molar-refractivity contribution < 1.29 is 13.2 Å². The third-order valence-corrected chi connectivity index (χ3v) is 4.94. The Morgan fingerprint density at radius 3 is 2.29 bits per heavy atom. The number of hydrogen-bond acceptors (Lipinski definition) is 3. The second-order valence-corrected chi connectivity index (χ2v) is 6.65. The van der Waals surface area contributed by atoms with Crippen LogP contribution < -0.4 is 0 Å². The molecule has 0 aromatic heterocycles. The van der Waals surface area contributed by atoms with Gasteiger partial charge in [-0.1, -0.05) is 6.92 Å². The van der Waals surface area contributed by atoms with E-state index in [0.717, 1.165) is 19.3 Å². The lowest BCUT2D eigenvalue weighted by Crippen LogP contribution is -2.15. The normalized spacial score (nSPS) is 19.3. The number of Topliss-reactive ketones (excluding diaryl/α,β-unsaturated/α-hetero) is 1. The summed E-state index contributed by atoms with van der Waals surface area (Å²) < 4.78 is 22.4. The summed E-state index contributed by atoms with van der Waals surface area (Å²) in [5.41, 5.74) is -0.136. The summed E-state index contributed by atoms with van der Waals surface area (Å²) in [6, 6.07) is 0. The lowest BCUT2D eigenvalue weighted by Gasteiger charge is -2.10. The summed E-state index contributed by atoms with van der Waals surface area (Å²) in [5, 5.41) is 0. The van der Waals surface area contributed by atoms with E-state index in [2.05, 4.69) is 0 Å². The molecule has 0 aliphatic heterocycles. The van der Waals surface area contributed by atoms with E-state index in [1.54, 1.807) is 13.8 Å². The molecule has 0 atom stereocenters. The first-order chi connectivity index (χ1) is 6.42. The van der Waals surface area contributed by atoms with Crippen molar-refractivity contribution in [3.63, 3.8) is 0 Å². The van der Waals surface area contributed by atoms with Gasteiger partial charge in [-0.15, -0.1) is 0 Å². The molecule has 1 fully saturated rings. The Labute approximate surface area is 85.8 Å². The first kappa shape index (κ1) is 11.7. The molecule has 1 aliphatic carbocycles. The molecule has 0 N–H and O–H groups in total. The molecule has 1 rings (SSSR count). The zero-order valence-corrected chi connectivity index (χ0v) is 9.69. The fraction of sp³-hybridized carbons (Fsp3) is 0.900. The average molecular weight is 218 g/mol. The Balaban J connectivity index is 2.33. The molecule has 14 heavy (non-hydrogen) atoms. The molecule has 0 amide bonds. The fourth-order valence-corrected chi connectivity index (χ4v) is 2.58. The molecule has 0 saturated heterocycles. The number of hydrogen-bond donors (Lipinski definition) is 0. The molecule has 1 saturated carbocycles. The van der Waals surface area contributed by atoms with Crippen molar-refractivity contribution in [2.24, 2.45) is 5.41 Å². The van der Waals surface area contributed by atoms with Crippen molar-refractivity contribution in [1.82, 2.24) is 0 Å². The summed E-state index contributed by atoms with van der Waals surface area (Å²) in [7, 11) is -2.85. The zero-order valence-electron chi connectivity index (χ0n) is 8.88. The number of ketones is 1. The van der Waals surface area contributed by atoms with Gasteiger partial charge in [0.2, 0.25) is 0 Å². The predicted molar refractivity (Wildman–Crippen MR) is 55.9 cm³/mol. The van der Waals surface area contributed by atoms with Gasteiger partial charge < -0.3 is 0 Å². The molecule has 0 aromatic carbocycles. The molecule has 3 nitrogen and oxygen atoms in total. The van der Waals surface area contributed by atoms with Crippen molar-refractivity contribution in [3.8, 4) is 0 Å². The van der Waals surface area contributed by atoms with Gasteiger partial charge in [-0.3, -0.25) is 4.79 Å². The Morgan fingerprint density at radius 2 is 1.93 bits per heavy atom. The SMILES string of the molecule is CCS(=O)(=O)CCCC1(C(C)=O)CC1. The third kappa shape index (κ3) is 2.80. The predicted octanol–water partition coefficient (Wildman–Crippen LogP) is 1.57. The molecular formula is C10H18O3S. The molecular weight excluding hydrogens is 200 g/mol. The zero-order chi connectivity index (χ0) is 10.8. The van der Waals surface area contributed by atoms with Gasteiger partial charge in [0.1, 0.15) is 15.6 Å². The maximum absolute atomic E-state index is 11.2. The number of carbonyl (C=O) groups excluding carboxylic acids is 1. The average Bonchev–Trinajstić information content (AvgIpc) is 2.85. The lowest BCUT2D eigenvalue weighted by atomic mass is 9.96. The highest BCUT2D eigenvalue weighted by molar-refractivity contribution is 7.91. The molecule has 82 valence electrons. The van der Waals surface area contributed by atoms with Crippen LogP contribution in [0, 0.1) is 5.41 Å². The van der Waals surface area contributed by atoms with E-state index in [0.29, 0.717) is 6.42 Å². The van der Waals surface area contributed by atoms with Crippen LogP contribution in [-0.2, 0) is 14.6 Å². The van der Waals surface area contributed by atoms with Crippen LogP contribution in [0.25, 0.3) is 0 Å². The van der Waals surface area contributed by atoms with E-state index in [9.17, 15) is 13.2 Å². The Hall–Kier alpha value is -0.380. The molecule has 0 radical (unpaired) electrons. The van der Waals surface area contributed by atoms with Gasteiger partial charge >= 0.3 is 0 Å². The third-order valence-electron chi connectivity index (χ3n) is 3.15. The molecule has 4 heteroatoms. The number of sulfone groups is 1. The summed E-state index contributed by atoms with van der Waals surface area (Å²) in [4.78, 5) is 11.2. The van der Waals surface area contributed by atoms with Crippen LogP contribution in [0.3, 0.4) is 0 Å². The number of carbonyl (C=O) groups is 1. The van der Waals surface area contributed by atoms with Crippen LogP contribution >= 0.6 is 0 Å². The van der Waals surface area contributed by atoms with Gasteiger partial charge in [-0.25, -0.2) is 8.42 Å². The van der Waals surface area contributed by atoms with E-state index < -0.39 is 9.84 Å². The van der Waals surface area contributed by atoms with E-state index in [4.69, 9.17) is 0 Å². The maximum Gasteiger partial charge on any atom is 0.150 e. The maximum atomic E-state index is 11.2. The van der Waals surface area contributed by atoms with Gasteiger partial charge in [0.25, 0.3) is 0 Å². The van der Waals surface area contributed by atoms with Crippen LogP contribution in [-0.4, -0.2) is 25.7 Å². The molecule has 0 spiro atoms. The van der Waals surface area contributed by atoms with E-state index in [-0.39, 0.29) is 22.7 Å². The first-order valence-corrected chi connectivity index (χ1v) is 6.95. The quantitative estimate of drug-likeness (QED) is 0.680. The van der Waals surface area contributed by atoms with Gasteiger partial charge in [-0.05, 0) is 32.6 Å². The van der Waals surface area contributed by atoms with E-state index >= 15 is 0 Å². The van der Waals surface area contributed by atoms with Crippen molar-refractivity contribution in [2.75, 3.05) is 11.5 Å². The minimum atomic E-state index is -2.85. The van der Waals surface area contributed by atoms with Crippen molar-refractivity contribution in [2.45, 2.75) is 39.5 Å². The topological polar surface area (TPSA) is 51.2 Å². The van der Waals surface area contributed by atoms with Crippen LogP contribution in [0.4, 0.5) is 0 Å². The first-order valence-electron chi connectivity index (χ1n) is 5.13. The van der Waals surface area contributed by atoms with Gasteiger partial charge in [0, 0.05) is 11.2 Å². The molecule has 0 aromatic rings. The number of rotatable bonds is 6. The summed E-state index contributed by atoms with van der Waals surface area (Å²) in [6.45, 7) is 3.27. The van der Waals surface area contributed by atoms with Crippen LogP contribution in [0.1, 0.15) is 39.5 Å². The minimum Gasteiger partial charge on any atom is -0.299 e. The summed E-state index contributed by atoms with van der Waals surface area (Å²) in [5.74, 6) is 0.671. The molecule has 0 bridgehead atoms. The smallest absolute Gasteiger partial charge is 0.150 e. The van der Waals surface area contributed by atoms with Crippen molar-refractivity contribution >= 4 is 15.6 Å². The molecule has 0 unspecified atom stereocenters. The van der Waals surface area contributed by atoms with E-state index in [1.807, 2.05) is 0 Å². The Kier molecular flexibility index (Phi) is 3.35. The van der Waals surface area contributed by atoms with Crippen LogP contribution in [0.5, 0.6) is 0 Å². The molecule has 0 heterocycles. The highest BCUT2D eigenvalue weighted by Gasteiger charge is 2.46.